The highest BCUT2D eigenvalue weighted by Gasteiger charge is 2.41. The molecule has 1 aliphatic rings. The molecule has 27 heavy (non-hydrogen) atoms. The minimum atomic E-state index is -0.702. The Morgan fingerprint density at radius 2 is 1.56 bits per heavy atom. The van der Waals surface area contributed by atoms with E-state index in [4.69, 9.17) is 0 Å². The first kappa shape index (κ1) is 21.6. The van der Waals surface area contributed by atoms with Crippen LogP contribution in [0, 0.1) is 5.92 Å². The Morgan fingerprint density at radius 3 is 2.19 bits per heavy atom. The Hall–Kier alpha value is -1.68. The van der Waals surface area contributed by atoms with Gasteiger partial charge in [0.25, 0.3) is 0 Å². The fraction of sp³-hybridized carbons (Fsp3) is 0.652. The minimum absolute atomic E-state index is 0.143. The van der Waals surface area contributed by atoms with E-state index in [1.54, 1.807) is 0 Å². The fourth-order valence-corrected chi connectivity index (χ4v) is 3.81. The van der Waals surface area contributed by atoms with Crippen molar-refractivity contribution in [3.63, 3.8) is 0 Å². The molecule has 1 heterocycles. The molecule has 0 spiro atoms. The molecule has 2 amide bonds. The van der Waals surface area contributed by atoms with Gasteiger partial charge in [-0.25, -0.2) is 0 Å². The van der Waals surface area contributed by atoms with E-state index < -0.39 is 12.0 Å². The Balaban J connectivity index is 1.65. The topological polar surface area (TPSA) is 57.6 Å². The lowest BCUT2D eigenvalue weighted by atomic mass is 9.95. The molecule has 4 nitrogen and oxygen atoms in total. The molecular formula is C23H35NO3. The van der Waals surface area contributed by atoms with Crippen molar-refractivity contribution in [3.8, 4) is 0 Å². The van der Waals surface area contributed by atoms with Gasteiger partial charge in [0.05, 0.1) is 18.6 Å². The number of rotatable bonds is 13. The first-order valence-electron chi connectivity index (χ1n) is 10.7. The largest absolute Gasteiger partial charge is 0.392 e. The number of carbonyl (C=O) groups is 2. The van der Waals surface area contributed by atoms with E-state index in [-0.39, 0.29) is 18.2 Å². The zero-order valence-corrected chi connectivity index (χ0v) is 16.7. The summed E-state index contributed by atoms with van der Waals surface area (Å²) in [6.45, 7) is 2.54. The van der Waals surface area contributed by atoms with Gasteiger partial charge >= 0.3 is 0 Å². The third-order valence-corrected chi connectivity index (χ3v) is 5.53. The highest BCUT2D eigenvalue weighted by Crippen LogP contribution is 2.27. The van der Waals surface area contributed by atoms with Crippen molar-refractivity contribution in [2.24, 2.45) is 5.92 Å². The molecule has 0 radical (unpaired) electrons. The molecular weight excluding hydrogens is 338 g/mol. The summed E-state index contributed by atoms with van der Waals surface area (Å²) in [6, 6.07) is 9.53. The van der Waals surface area contributed by atoms with Gasteiger partial charge < -0.3 is 5.11 Å². The normalized spacial score (nSPS) is 18.3. The fourth-order valence-electron chi connectivity index (χ4n) is 3.81. The smallest absolute Gasteiger partial charge is 0.235 e. The van der Waals surface area contributed by atoms with Crippen LogP contribution in [0.2, 0.25) is 0 Å². The zero-order chi connectivity index (χ0) is 19.5. The standard InChI is InChI=1S/C23H35NO3/c1-2-3-4-5-6-7-8-9-13-16-21(25)20-17-22(26)24(23(20)27)18-19-14-11-10-12-15-19/h10-12,14-15,20-21,25H,2-9,13,16-18H2,1H3/t20-,21+/m0/s1. The van der Waals surface area contributed by atoms with E-state index in [9.17, 15) is 14.7 Å². The van der Waals surface area contributed by atoms with Crippen LogP contribution in [-0.2, 0) is 16.1 Å². The third-order valence-electron chi connectivity index (χ3n) is 5.53. The second-order valence-electron chi connectivity index (χ2n) is 7.80. The van der Waals surface area contributed by atoms with E-state index >= 15 is 0 Å². The van der Waals surface area contributed by atoms with Crippen molar-refractivity contribution < 1.29 is 14.7 Å². The zero-order valence-electron chi connectivity index (χ0n) is 16.7. The Morgan fingerprint density at radius 1 is 0.963 bits per heavy atom. The number of aliphatic hydroxyl groups is 1. The summed E-state index contributed by atoms with van der Waals surface area (Å²) in [5.74, 6) is -0.942. The van der Waals surface area contributed by atoms with Crippen molar-refractivity contribution in [1.29, 1.82) is 0 Å². The van der Waals surface area contributed by atoms with E-state index in [0.29, 0.717) is 13.0 Å². The molecule has 0 bridgehead atoms. The first-order chi connectivity index (χ1) is 13.1. The van der Waals surface area contributed by atoms with E-state index in [1.807, 2.05) is 30.3 Å². The van der Waals surface area contributed by atoms with Gasteiger partial charge in [-0.15, -0.1) is 0 Å². The average Bonchev–Trinajstić information content (AvgIpc) is 2.96. The second-order valence-corrected chi connectivity index (χ2v) is 7.80. The molecule has 1 aliphatic heterocycles. The van der Waals surface area contributed by atoms with Crippen LogP contribution in [0.1, 0.15) is 83.1 Å². The van der Waals surface area contributed by atoms with Crippen LogP contribution < -0.4 is 0 Å². The van der Waals surface area contributed by atoms with Crippen molar-refractivity contribution >= 4 is 11.8 Å². The number of benzene rings is 1. The first-order valence-corrected chi connectivity index (χ1v) is 10.7. The maximum Gasteiger partial charge on any atom is 0.235 e. The molecule has 1 N–H and O–H groups in total. The van der Waals surface area contributed by atoms with Gasteiger partial charge in [-0.05, 0) is 12.0 Å². The lowest BCUT2D eigenvalue weighted by Crippen LogP contribution is -2.33. The molecule has 0 unspecified atom stereocenters. The van der Waals surface area contributed by atoms with Gasteiger partial charge in [0.1, 0.15) is 0 Å². The van der Waals surface area contributed by atoms with Crippen LogP contribution in [0.3, 0.4) is 0 Å². The highest BCUT2D eigenvalue weighted by molar-refractivity contribution is 6.03. The third kappa shape index (κ3) is 7.10. The summed E-state index contributed by atoms with van der Waals surface area (Å²) in [5, 5.41) is 10.4. The number of likely N-dealkylation sites (tertiary alicyclic amines) is 1. The van der Waals surface area contributed by atoms with Gasteiger partial charge in [0, 0.05) is 6.42 Å². The van der Waals surface area contributed by atoms with Crippen LogP contribution in [0.25, 0.3) is 0 Å². The molecule has 150 valence electrons. The number of carbonyl (C=O) groups excluding carboxylic acids is 2. The second kappa shape index (κ2) is 11.9. The predicted octanol–water partition coefficient (Wildman–Crippen LogP) is 4.84. The number of amides is 2. The lowest BCUT2D eigenvalue weighted by molar-refractivity contribution is -0.141. The van der Waals surface area contributed by atoms with Gasteiger partial charge in [-0.3, -0.25) is 14.5 Å². The number of hydrogen-bond acceptors (Lipinski definition) is 3. The van der Waals surface area contributed by atoms with Gasteiger partial charge in [-0.1, -0.05) is 95.0 Å². The van der Waals surface area contributed by atoms with E-state index in [2.05, 4.69) is 6.92 Å². The number of nitrogens with zero attached hydrogens (tertiary/aromatic N) is 1. The maximum atomic E-state index is 12.6. The minimum Gasteiger partial charge on any atom is -0.392 e. The van der Waals surface area contributed by atoms with Crippen LogP contribution in [0.4, 0.5) is 0 Å². The summed E-state index contributed by atoms with van der Waals surface area (Å²) in [6.07, 6.45) is 11.1. The quantitative estimate of drug-likeness (QED) is 0.397. The summed E-state index contributed by atoms with van der Waals surface area (Å²) in [7, 11) is 0. The van der Waals surface area contributed by atoms with Crippen molar-refractivity contribution in [2.75, 3.05) is 0 Å². The molecule has 0 saturated carbocycles. The number of aliphatic hydroxyl groups excluding tert-OH is 1. The summed E-state index contributed by atoms with van der Waals surface area (Å²) in [5.41, 5.74) is 0.938. The number of unbranched alkanes of at least 4 members (excludes halogenated alkanes) is 8. The Labute approximate surface area is 164 Å². The summed E-state index contributed by atoms with van der Waals surface area (Å²) >= 11 is 0. The molecule has 1 aromatic carbocycles. The predicted molar refractivity (Wildman–Crippen MR) is 108 cm³/mol. The highest BCUT2D eigenvalue weighted by atomic mass is 16.3. The lowest BCUT2D eigenvalue weighted by Gasteiger charge is -2.18. The van der Waals surface area contributed by atoms with Crippen molar-refractivity contribution in [1.82, 2.24) is 4.90 Å². The number of imide groups is 1. The van der Waals surface area contributed by atoms with Crippen LogP contribution >= 0.6 is 0 Å². The van der Waals surface area contributed by atoms with Crippen LogP contribution in [-0.4, -0.2) is 27.9 Å². The number of hydrogen-bond donors (Lipinski definition) is 1. The maximum absolute atomic E-state index is 12.6. The molecule has 2 atom stereocenters. The SMILES string of the molecule is CCCCCCCCCCC[C@@H](O)[C@@H]1CC(=O)N(Cc2ccccc2)C1=O. The molecule has 1 aromatic rings. The molecule has 0 aromatic heterocycles. The monoisotopic (exact) mass is 373 g/mol. The van der Waals surface area contributed by atoms with Gasteiger partial charge in [-0.2, -0.15) is 0 Å². The molecule has 2 rings (SSSR count). The van der Waals surface area contributed by atoms with Crippen LogP contribution in [0.5, 0.6) is 0 Å². The van der Waals surface area contributed by atoms with Gasteiger partial charge in [0.15, 0.2) is 0 Å². The molecule has 0 aliphatic carbocycles. The van der Waals surface area contributed by atoms with E-state index in [1.165, 1.54) is 49.8 Å². The summed E-state index contributed by atoms with van der Waals surface area (Å²) < 4.78 is 0. The average molecular weight is 374 g/mol. The van der Waals surface area contributed by atoms with Gasteiger partial charge in [0.2, 0.25) is 11.8 Å². The van der Waals surface area contributed by atoms with Crippen LogP contribution in [0.15, 0.2) is 30.3 Å². The van der Waals surface area contributed by atoms with E-state index in [0.717, 1.165) is 18.4 Å². The molecule has 4 heteroatoms. The molecule has 1 fully saturated rings. The Kier molecular flexibility index (Phi) is 9.54. The summed E-state index contributed by atoms with van der Waals surface area (Å²) in [4.78, 5) is 26.1. The molecule has 1 saturated heterocycles. The van der Waals surface area contributed by atoms with Crippen molar-refractivity contribution in [2.45, 2.75) is 90.2 Å². The van der Waals surface area contributed by atoms with Crippen molar-refractivity contribution in [3.05, 3.63) is 35.9 Å². The Bertz CT molecular complexity index is 572.